The lowest BCUT2D eigenvalue weighted by atomic mass is 9.93. The third kappa shape index (κ3) is 21.5. The van der Waals surface area contributed by atoms with E-state index in [2.05, 4.69) is 106 Å². The molecule has 0 aliphatic heterocycles. The molecule has 0 spiro atoms. The van der Waals surface area contributed by atoms with Crippen LogP contribution in [0.15, 0.2) is 254 Å². The third-order valence-corrected chi connectivity index (χ3v) is 22.5. The molecule has 0 atom stereocenters. The maximum atomic E-state index is 12.0. The van der Waals surface area contributed by atoms with Gasteiger partial charge >= 0.3 is 0 Å². The summed E-state index contributed by atoms with van der Waals surface area (Å²) in [5, 5.41) is 57.1. The van der Waals surface area contributed by atoms with Crippen LogP contribution in [0.1, 0.15) is 51.4 Å². The van der Waals surface area contributed by atoms with Gasteiger partial charge in [-0.15, -0.1) is 15.3 Å². The van der Waals surface area contributed by atoms with Crippen LogP contribution in [0, 0.1) is 0 Å². The largest absolute Gasteiger partial charge is 0.479 e. The maximum absolute atomic E-state index is 12.0. The predicted octanol–water partition coefficient (Wildman–Crippen LogP) is 12.7. The number of nitrogens with zero attached hydrogens (tertiary/aromatic N) is 20. The molecule has 41 heteroatoms. The van der Waals surface area contributed by atoms with Crippen molar-refractivity contribution >= 4 is 134 Å². The molecule has 2 fully saturated rings. The number of halogens is 1. The van der Waals surface area contributed by atoms with Crippen LogP contribution in [0.4, 0.5) is 11.9 Å². The van der Waals surface area contributed by atoms with E-state index in [0.717, 1.165) is 118 Å². The summed E-state index contributed by atoms with van der Waals surface area (Å²) in [4.78, 5) is 85.3. The topological polar surface area (TPSA) is 459 Å². The van der Waals surface area contributed by atoms with Gasteiger partial charge in [-0.2, -0.15) is 15.0 Å². The Morgan fingerprint density at radius 1 is 0.389 bits per heavy atom. The summed E-state index contributed by atoms with van der Waals surface area (Å²) in [5.41, 5.74) is 4.81. The molecule has 2 saturated carbocycles. The van der Waals surface area contributed by atoms with Crippen molar-refractivity contribution in [3.8, 4) is 46.7 Å². The lowest BCUT2D eigenvalue weighted by molar-refractivity contribution is 0.125. The number of H-pyrrole nitrogens is 4. The van der Waals surface area contributed by atoms with Crippen LogP contribution in [0.5, 0.6) is 17.6 Å². The third-order valence-electron chi connectivity index (χ3n) is 19.7. The molecular weight excluding hydrogens is 1710 g/mol. The lowest BCUT2D eigenvalue weighted by Crippen LogP contribution is -2.29. The number of sulfone groups is 1. The molecule has 0 bridgehead atoms. The van der Waals surface area contributed by atoms with Crippen LogP contribution in [0.25, 0.3) is 94.5 Å². The van der Waals surface area contributed by atoms with E-state index in [1.165, 1.54) is 53.3 Å². The highest BCUT2D eigenvalue weighted by molar-refractivity contribution is 7.98. The number of para-hydroxylation sites is 6. The summed E-state index contributed by atoms with van der Waals surface area (Å²) in [6.07, 6.45) is 23.2. The Hall–Kier alpha value is -13.8. The first-order valence-electron chi connectivity index (χ1n) is 39.3. The molecule has 0 unspecified atom stereocenters. The van der Waals surface area contributed by atoms with Crippen LogP contribution >= 0.6 is 46.9 Å². The minimum Gasteiger partial charge on any atom is -0.479 e. The van der Waals surface area contributed by atoms with Crippen LogP contribution in [0.2, 0.25) is 5.15 Å². The molecule has 12 heterocycles. The maximum Gasteiger partial charge on any atom is 0.272 e. The first kappa shape index (κ1) is 88.5. The van der Waals surface area contributed by atoms with Gasteiger partial charge in [-0.1, -0.05) is 120 Å². The van der Waals surface area contributed by atoms with Crippen molar-refractivity contribution in [2.24, 2.45) is 0 Å². The summed E-state index contributed by atoms with van der Waals surface area (Å²) in [6, 6.07) is 56.4. The van der Waals surface area contributed by atoms with Crippen LogP contribution < -0.4 is 41.5 Å². The number of aliphatic hydroxyl groups excluding tert-OH is 2. The van der Waals surface area contributed by atoms with Gasteiger partial charge in [0, 0.05) is 85.9 Å². The number of benzene rings is 6. The number of anilines is 2. The highest BCUT2D eigenvalue weighted by Gasteiger charge is 2.24. The Labute approximate surface area is 736 Å². The number of ether oxygens (including phenoxy) is 3. The van der Waals surface area contributed by atoms with Gasteiger partial charge in [-0.3, -0.25) is 34.8 Å². The van der Waals surface area contributed by atoms with E-state index in [1.54, 1.807) is 106 Å². The fourth-order valence-corrected chi connectivity index (χ4v) is 15.4. The summed E-state index contributed by atoms with van der Waals surface area (Å²) in [6.45, 7) is 0. The molecular formula is C85H85ClN26O10S4. The van der Waals surface area contributed by atoms with Gasteiger partial charge in [0.1, 0.15) is 5.15 Å². The molecule has 36 nitrogen and oxygen atoms in total. The minimum absolute atomic E-state index is 0.0596. The van der Waals surface area contributed by atoms with E-state index in [1.807, 2.05) is 158 Å². The van der Waals surface area contributed by atoms with Crippen LogP contribution in [-0.2, 0) is 9.84 Å². The van der Waals surface area contributed by atoms with Gasteiger partial charge in [-0.25, -0.2) is 76.7 Å². The number of thioether (sulfide) groups is 3. The Morgan fingerprint density at radius 2 is 0.730 bits per heavy atom. The fourth-order valence-electron chi connectivity index (χ4n) is 13.6. The van der Waals surface area contributed by atoms with Crippen molar-refractivity contribution in [3.05, 3.63) is 255 Å². The molecule has 12 aromatic heterocycles. The molecule has 126 heavy (non-hydrogen) atoms. The zero-order valence-electron chi connectivity index (χ0n) is 68.9. The number of aliphatic hydroxyl groups is 2. The molecule has 0 radical (unpaired) electrons. The van der Waals surface area contributed by atoms with E-state index in [9.17, 15) is 33.0 Å². The molecule has 0 amide bonds. The smallest absolute Gasteiger partial charge is 0.272 e. The average molecular weight is 1790 g/mol. The van der Waals surface area contributed by atoms with E-state index >= 15 is 0 Å². The molecule has 20 rings (SSSR count). The first-order valence-corrected chi connectivity index (χ1v) is 45.2. The highest BCUT2D eigenvalue weighted by Crippen LogP contribution is 2.32. The number of hydrogen-bond acceptors (Lipinski definition) is 30. The normalized spacial score (nSPS) is 14.7. The van der Waals surface area contributed by atoms with Crippen molar-refractivity contribution in [2.75, 3.05) is 57.0 Å². The quantitative estimate of drug-likeness (QED) is 0.0253. The van der Waals surface area contributed by atoms with E-state index in [-0.39, 0.29) is 40.1 Å². The minimum atomic E-state index is -3.48. The Balaban J connectivity index is 0.000000122. The second-order valence-corrected chi connectivity index (χ2v) is 32.6. The van der Waals surface area contributed by atoms with Crippen molar-refractivity contribution < 1.29 is 32.8 Å². The average Bonchev–Trinajstić information content (AvgIpc) is 1.65. The monoisotopic (exact) mass is 1790 g/mol. The number of fused-ring (bicyclic) bond motifs is 6. The molecule has 18 aromatic rings. The molecule has 2 aliphatic carbocycles. The van der Waals surface area contributed by atoms with Crippen LogP contribution in [0.3, 0.4) is 0 Å². The second kappa shape index (κ2) is 41.6. The molecule has 8 N–H and O–H groups in total. The highest BCUT2D eigenvalue weighted by atomic mass is 35.5. The number of aromatic nitrogens is 24. The predicted molar refractivity (Wildman–Crippen MR) is 487 cm³/mol. The standard InChI is InChI=1S/C18H21N5O2.C17H19N5O2.C13H12N4O3S.C13H12N4OS.C12H10N4OS.C7H6N2O.C5H5ClN2S/c1-25-17-14-4-2-3-5-15(14)23(22-17)16-10-11-19-18(21-16)20-12-6-8-13(24)9-7-12;23-12-7-5-11(6-8-12)19-17-18-10-9-15(20-17)22-14-4-2-1-3-13(14)16(24)21-22;1-20-12-9-5-3-4-6-10(9)17(16-12)11-7-8-14-13(15-11)21(2,18)19;1-18-12-9-5-3-4-6-10(9)17(16-12)11-7-8-14-13(15-11)19-2;1-18-12-13-7-6-10(14-12)16-9-5-3-2-4-8(9)11(17)15-16;10-7-5-3-1-2-4-6(5)8-9-7;1-9-5-7-3-2-4(6)8-5/h2-5,10-13,24H,6-9H2,1H3,(H,19,20,21);1-4,9-12,23H,5-8H2,(H,21,24)(H,18,19,20);3-8H,1-2H3;3-8H,1-2H3;2-7H,1H3,(H,15,17);1-4H,(H2,8,9,10);2-3H,1H3. The number of methoxy groups -OCH3 is 3. The number of rotatable bonds is 16. The van der Waals surface area contributed by atoms with Gasteiger partial charge in [0.2, 0.25) is 44.5 Å². The van der Waals surface area contributed by atoms with Crippen LogP contribution in [-0.4, -0.2) is 208 Å². The molecule has 0 saturated heterocycles. The van der Waals surface area contributed by atoms with E-state index in [4.69, 9.17) is 25.8 Å². The fraction of sp³-hybridized carbons (Fsp3) is 0.224. The summed E-state index contributed by atoms with van der Waals surface area (Å²) in [7, 11) is 1.28. The van der Waals surface area contributed by atoms with Crippen molar-refractivity contribution in [1.29, 1.82) is 0 Å². The SMILES string of the molecule is COc1nn(-c2ccnc(NC3CCC(O)CC3)n2)c2ccccc12.COc1nn(-c2ccnc(S(C)(=O)=O)n2)c2ccccc12.COc1nn(-c2ccnc(SC)n2)c2ccccc12.CSc1nccc(-n2[nH]c(=O)c3ccccc32)n1.CSc1nccc(Cl)n1.O=c1[nH][nH]c2ccccc12.O=c1[nH]n(-c2ccnc(NC3CCC(O)CC3)n2)c2ccccc12. The zero-order chi connectivity index (χ0) is 88.2. The van der Waals surface area contributed by atoms with Gasteiger partial charge in [0.25, 0.3) is 16.7 Å². The number of nitrogens with one attached hydrogen (secondary N) is 6. The van der Waals surface area contributed by atoms with E-state index < -0.39 is 9.84 Å². The zero-order valence-corrected chi connectivity index (χ0v) is 72.9. The molecule has 646 valence electrons. The molecule has 2 aliphatic rings. The van der Waals surface area contributed by atoms with Crippen molar-refractivity contribution in [1.82, 2.24) is 119 Å². The second-order valence-electron chi connectivity index (χ2n) is 27.9. The van der Waals surface area contributed by atoms with Gasteiger partial charge in [0.05, 0.1) is 99.0 Å². The lowest BCUT2D eigenvalue weighted by Gasteiger charge is -2.26. The van der Waals surface area contributed by atoms with Gasteiger partial charge in [0.15, 0.2) is 44.6 Å². The Kier molecular flexibility index (Phi) is 29.2. The molecule has 6 aromatic carbocycles. The summed E-state index contributed by atoms with van der Waals surface area (Å²) in [5.74, 6) is 5.80. The summed E-state index contributed by atoms with van der Waals surface area (Å²) >= 11 is 10.00. The summed E-state index contributed by atoms with van der Waals surface area (Å²) < 4.78 is 47.5. The van der Waals surface area contributed by atoms with Crippen molar-refractivity contribution in [2.45, 2.75) is 96.3 Å². The van der Waals surface area contributed by atoms with E-state index in [0.29, 0.717) is 90.5 Å². The first-order chi connectivity index (χ1) is 61.3. The van der Waals surface area contributed by atoms with Crippen molar-refractivity contribution in [3.63, 3.8) is 0 Å². The number of aromatic amines is 4. The Bertz CT molecular complexity index is 7070. The van der Waals surface area contributed by atoms with Gasteiger partial charge in [-0.05, 0) is 149 Å². The number of hydrogen-bond donors (Lipinski definition) is 8. The van der Waals surface area contributed by atoms with Gasteiger partial charge < -0.3 is 35.1 Å². The Morgan fingerprint density at radius 3 is 1.14 bits per heavy atom.